The largest absolute Gasteiger partial charge is 0.378 e. The summed E-state index contributed by atoms with van der Waals surface area (Å²) >= 11 is 0. The van der Waals surface area contributed by atoms with Crippen LogP contribution in [0.2, 0.25) is 0 Å². The van der Waals surface area contributed by atoms with E-state index in [-0.39, 0.29) is 0 Å². The van der Waals surface area contributed by atoms with Crippen molar-refractivity contribution in [1.82, 2.24) is 10.3 Å². The molecule has 1 fully saturated rings. The summed E-state index contributed by atoms with van der Waals surface area (Å²) < 4.78 is 5.72. The number of nitrogens with one attached hydrogen (secondary N) is 1. The second-order valence-corrected chi connectivity index (χ2v) is 5.24. The van der Waals surface area contributed by atoms with Gasteiger partial charge >= 0.3 is 0 Å². The van der Waals surface area contributed by atoms with E-state index in [0.29, 0.717) is 18.1 Å². The van der Waals surface area contributed by atoms with Gasteiger partial charge in [0.15, 0.2) is 0 Å². The van der Waals surface area contributed by atoms with Crippen LogP contribution in [0.25, 0.3) is 10.8 Å². The number of pyridine rings is 1. The predicted molar refractivity (Wildman–Crippen MR) is 77.1 cm³/mol. The number of hydrogen-bond acceptors (Lipinski definition) is 3. The van der Waals surface area contributed by atoms with Crippen molar-refractivity contribution < 1.29 is 4.74 Å². The van der Waals surface area contributed by atoms with Gasteiger partial charge in [0.2, 0.25) is 0 Å². The van der Waals surface area contributed by atoms with Crippen molar-refractivity contribution in [3.8, 4) is 0 Å². The Morgan fingerprint density at radius 1 is 1.32 bits per heavy atom. The number of fused-ring (bicyclic) bond motifs is 1. The van der Waals surface area contributed by atoms with Crippen molar-refractivity contribution in [3.05, 3.63) is 42.2 Å². The molecule has 3 nitrogen and oxygen atoms in total. The van der Waals surface area contributed by atoms with E-state index < -0.39 is 0 Å². The van der Waals surface area contributed by atoms with Gasteiger partial charge in [0.1, 0.15) is 0 Å². The smallest absolute Gasteiger partial charge is 0.0594 e. The zero-order valence-corrected chi connectivity index (χ0v) is 11.5. The molecule has 0 radical (unpaired) electrons. The third-order valence-corrected chi connectivity index (χ3v) is 4.21. The molecule has 1 aromatic carbocycles. The Morgan fingerprint density at radius 3 is 2.89 bits per heavy atom. The highest BCUT2D eigenvalue weighted by molar-refractivity contribution is 5.85. The van der Waals surface area contributed by atoms with Gasteiger partial charge in [-0.05, 0) is 31.3 Å². The molecule has 0 aliphatic carbocycles. The Morgan fingerprint density at radius 2 is 2.16 bits per heavy atom. The van der Waals surface area contributed by atoms with E-state index in [9.17, 15) is 0 Å². The fraction of sp³-hybridized carbons (Fsp3) is 0.438. The lowest BCUT2D eigenvalue weighted by Crippen LogP contribution is -2.29. The first-order chi connectivity index (χ1) is 9.31. The molecule has 2 aromatic rings. The minimum Gasteiger partial charge on any atom is -0.378 e. The van der Waals surface area contributed by atoms with Gasteiger partial charge in [0.05, 0.1) is 6.10 Å². The second kappa shape index (κ2) is 5.27. The molecule has 1 aromatic heterocycles. The Hall–Kier alpha value is -1.45. The normalized spacial score (nSPS) is 24.7. The first kappa shape index (κ1) is 12.6. The van der Waals surface area contributed by atoms with Gasteiger partial charge in [-0.2, -0.15) is 0 Å². The van der Waals surface area contributed by atoms with Gasteiger partial charge in [-0.15, -0.1) is 0 Å². The zero-order chi connectivity index (χ0) is 13.2. The third-order valence-electron chi connectivity index (χ3n) is 4.21. The van der Waals surface area contributed by atoms with E-state index in [1.165, 1.54) is 16.3 Å². The van der Waals surface area contributed by atoms with Crippen LogP contribution in [-0.4, -0.2) is 24.7 Å². The van der Waals surface area contributed by atoms with Gasteiger partial charge < -0.3 is 10.1 Å². The summed E-state index contributed by atoms with van der Waals surface area (Å²) in [6.07, 6.45) is 5.33. The van der Waals surface area contributed by atoms with Gasteiger partial charge in [-0.3, -0.25) is 4.98 Å². The third kappa shape index (κ3) is 2.24. The highest BCUT2D eigenvalue weighted by Crippen LogP contribution is 2.35. The standard InChI is InChI=1S/C16H20N2O/c1-11-13(7-8-19-11)16(17-2)15-10-18-9-12-5-3-4-6-14(12)15/h3-6,9-11,13,16-17H,7-8H2,1-2H3. The first-order valence-corrected chi connectivity index (χ1v) is 6.93. The number of ether oxygens (including phenoxy) is 1. The van der Waals surface area contributed by atoms with Crippen LogP contribution in [-0.2, 0) is 4.74 Å². The topological polar surface area (TPSA) is 34.2 Å². The van der Waals surface area contributed by atoms with Crippen LogP contribution >= 0.6 is 0 Å². The quantitative estimate of drug-likeness (QED) is 0.917. The minimum absolute atomic E-state index is 0.302. The van der Waals surface area contributed by atoms with Crippen LogP contribution in [0.3, 0.4) is 0 Å². The van der Waals surface area contributed by atoms with Crippen molar-refractivity contribution in [1.29, 1.82) is 0 Å². The van der Waals surface area contributed by atoms with E-state index in [0.717, 1.165) is 13.0 Å². The average Bonchev–Trinajstić information content (AvgIpc) is 2.86. The Labute approximate surface area is 114 Å². The molecule has 1 aliphatic heterocycles. The van der Waals surface area contributed by atoms with E-state index >= 15 is 0 Å². The predicted octanol–water partition coefficient (Wildman–Crippen LogP) is 2.92. The molecule has 3 atom stereocenters. The molecule has 1 saturated heterocycles. The summed E-state index contributed by atoms with van der Waals surface area (Å²) in [5, 5.41) is 5.95. The minimum atomic E-state index is 0.302. The molecule has 1 N–H and O–H groups in total. The van der Waals surface area contributed by atoms with Crippen molar-refractivity contribution in [2.75, 3.05) is 13.7 Å². The van der Waals surface area contributed by atoms with Gasteiger partial charge in [0.25, 0.3) is 0 Å². The summed E-state index contributed by atoms with van der Waals surface area (Å²) in [4.78, 5) is 4.40. The van der Waals surface area contributed by atoms with Crippen LogP contribution in [0.4, 0.5) is 0 Å². The highest BCUT2D eigenvalue weighted by Gasteiger charge is 2.32. The summed E-state index contributed by atoms with van der Waals surface area (Å²) in [5.41, 5.74) is 1.28. The van der Waals surface area contributed by atoms with Crippen molar-refractivity contribution in [2.24, 2.45) is 5.92 Å². The van der Waals surface area contributed by atoms with E-state index in [2.05, 4.69) is 41.5 Å². The Balaban J connectivity index is 2.06. The van der Waals surface area contributed by atoms with Crippen LogP contribution < -0.4 is 5.32 Å². The number of aromatic nitrogens is 1. The number of rotatable bonds is 3. The molecule has 1 aliphatic rings. The molecule has 0 amide bonds. The maximum absolute atomic E-state index is 5.72. The lowest BCUT2D eigenvalue weighted by molar-refractivity contribution is 0.0964. The average molecular weight is 256 g/mol. The number of hydrogen-bond donors (Lipinski definition) is 1. The van der Waals surface area contributed by atoms with Crippen molar-refractivity contribution in [2.45, 2.75) is 25.5 Å². The molecule has 3 rings (SSSR count). The summed E-state index contributed by atoms with van der Waals surface area (Å²) in [5.74, 6) is 0.512. The van der Waals surface area contributed by atoms with Gasteiger partial charge in [-0.1, -0.05) is 24.3 Å². The summed E-state index contributed by atoms with van der Waals surface area (Å²) in [6.45, 7) is 3.03. The molecule has 3 heteroatoms. The Bertz CT molecular complexity index is 564. The molecular weight excluding hydrogens is 236 g/mol. The molecule has 100 valence electrons. The fourth-order valence-corrected chi connectivity index (χ4v) is 3.17. The maximum atomic E-state index is 5.72. The molecule has 0 spiro atoms. The van der Waals surface area contributed by atoms with Gasteiger partial charge in [0, 0.05) is 36.3 Å². The molecule has 0 saturated carbocycles. The highest BCUT2D eigenvalue weighted by atomic mass is 16.5. The van der Waals surface area contributed by atoms with Crippen LogP contribution in [0.15, 0.2) is 36.7 Å². The lowest BCUT2D eigenvalue weighted by atomic mass is 9.87. The molecular formula is C16H20N2O. The number of nitrogens with zero attached hydrogens (tertiary/aromatic N) is 1. The molecule has 0 bridgehead atoms. The van der Waals surface area contributed by atoms with Crippen LogP contribution in [0.5, 0.6) is 0 Å². The second-order valence-electron chi connectivity index (χ2n) is 5.24. The van der Waals surface area contributed by atoms with E-state index in [4.69, 9.17) is 4.74 Å². The zero-order valence-electron chi connectivity index (χ0n) is 11.5. The van der Waals surface area contributed by atoms with E-state index in [1.54, 1.807) is 0 Å². The molecule has 19 heavy (non-hydrogen) atoms. The summed E-state index contributed by atoms with van der Waals surface area (Å²) in [7, 11) is 2.03. The summed E-state index contributed by atoms with van der Waals surface area (Å²) in [6, 6.07) is 8.75. The Kier molecular flexibility index (Phi) is 3.49. The van der Waals surface area contributed by atoms with Crippen LogP contribution in [0.1, 0.15) is 24.9 Å². The molecule has 3 unspecified atom stereocenters. The SMILES string of the molecule is CNC(c1cncc2ccccc12)C1CCOC1C. The molecule has 2 heterocycles. The monoisotopic (exact) mass is 256 g/mol. The maximum Gasteiger partial charge on any atom is 0.0594 e. The lowest BCUT2D eigenvalue weighted by Gasteiger charge is -2.26. The van der Waals surface area contributed by atoms with Crippen LogP contribution in [0, 0.1) is 5.92 Å². The van der Waals surface area contributed by atoms with Gasteiger partial charge in [-0.25, -0.2) is 0 Å². The van der Waals surface area contributed by atoms with Crippen molar-refractivity contribution in [3.63, 3.8) is 0 Å². The van der Waals surface area contributed by atoms with Crippen molar-refractivity contribution >= 4 is 10.8 Å². The first-order valence-electron chi connectivity index (χ1n) is 6.93. The van der Waals surface area contributed by atoms with E-state index in [1.807, 2.05) is 19.4 Å². The fourth-order valence-electron chi connectivity index (χ4n) is 3.17. The number of benzene rings is 1.